The first kappa shape index (κ1) is 22.4. The van der Waals surface area contributed by atoms with Crippen LogP contribution in [-0.2, 0) is 11.3 Å². The van der Waals surface area contributed by atoms with Crippen molar-refractivity contribution in [3.8, 4) is 0 Å². The molecule has 1 saturated heterocycles. The predicted octanol–water partition coefficient (Wildman–Crippen LogP) is 3.46. The third-order valence-corrected chi connectivity index (χ3v) is 5.47. The zero-order valence-electron chi connectivity index (χ0n) is 17.9. The summed E-state index contributed by atoms with van der Waals surface area (Å²) in [4.78, 5) is 40.0. The maximum atomic E-state index is 13.2. The van der Waals surface area contributed by atoms with Gasteiger partial charge in [0, 0.05) is 36.3 Å². The number of ketones is 1. The Morgan fingerprint density at radius 1 is 0.818 bits per heavy atom. The molecule has 0 radical (unpaired) electrons. The molecule has 0 unspecified atom stereocenters. The number of ether oxygens (including phenoxy) is 1. The monoisotopic (exact) mass is 446 g/mol. The minimum atomic E-state index is -0.435. The molecule has 7 heteroatoms. The predicted molar refractivity (Wildman–Crippen MR) is 121 cm³/mol. The highest BCUT2D eigenvalue weighted by atomic mass is 19.1. The molecular weight excluding hydrogens is 423 g/mol. The standard InChI is InChI=1S/C26H23FN2O4/c27-21-11-9-19(10-12-21)24(30)22-3-1-2-4-23(22)25(31)28-17-18-5-7-20(8-6-18)26(32)29-13-15-33-16-14-29/h1-12H,13-17H2,(H,28,31). The first-order valence-corrected chi connectivity index (χ1v) is 10.7. The van der Waals surface area contributed by atoms with Crippen LogP contribution in [-0.4, -0.2) is 48.8 Å². The number of carbonyl (C=O) groups excluding carboxylic acids is 3. The van der Waals surface area contributed by atoms with Crippen LogP contribution in [0.15, 0.2) is 72.8 Å². The molecule has 2 amide bonds. The average Bonchev–Trinajstić information content (AvgIpc) is 2.87. The zero-order valence-corrected chi connectivity index (χ0v) is 17.9. The minimum Gasteiger partial charge on any atom is -0.378 e. The topological polar surface area (TPSA) is 75.7 Å². The second kappa shape index (κ2) is 10.2. The lowest BCUT2D eigenvalue weighted by Crippen LogP contribution is -2.40. The van der Waals surface area contributed by atoms with Gasteiger partial charge in [0.05, 0.1) is 18.8 Å². The molecule has 3 aromatic rings. The lowest BCUT2D eigenvalue weighted by Gasteiger charge is -2.26. The van der Waals surface area contributed by atoms with E-state index in [1.165, 1.54) is 24.3 Å². The molecule has 1 N–H and O–H groups in total. The van der Waals surface area contributed by atoms with E-state index in [0.717, 1.165) is 5.56 Å². The normalized spacial score (nSPS) is 13.4. The largest absolute Gasteiger partial charge is 0.378 e. The highest BCUT2D eigenvalue weighted by Crippen LogP contribution is 2.16. The summed E-state index contributed by atoms with van der Waals surface area (Å²) >= 11 is 0. The number of rotatable bonds is 6. The van der Waals surface area contributed by atoms with E-state index in [4.69, 9.17) is 4.74 Å². The minimum absolute atomic E-state index is 0.0397. The molecular formula is C26H23FN2O4. The number of hydrogen-bond donors (Lipinski definition) is 1. The Morgan fingerprint density at radius 2 is 1.42 bits per heavy atom. The maximum Gasteiger partial charge on any atom is 0.254 e. The SMILES string of the molecule is O=C(NCc1ccc(C(=O)N2CCOCC2)cc1)c1ccccc1C(=O)c1ccc(F)cc1. The van der Waals surface area contributed by atoms with Crippen molar-refractivity contribution in [1.29, 1.82) is 0 Å². The van der Waals surface area contributed by atoms with Gasteiger partial charge in [-0.15, -0.1) is 0 Å². The van der Waals surface area contributed by atoms with Crippen LogP contribution in [0.5, 0.6) is 0 Å². The number of nitrogens with zero attached hydrogens (tertiary/aromatic N) is 1. The molecule has 1 fully saturated rings. The number of hydrogen-bond acceptors (Lipinski definition) is 4. The molecule has 168 valence electrons. The molecule has 1 aliphatic rings. The summed E-state index contributed by atoms with van der Waals surface area (Å²) in [5.74, 6) is -1.22. The molecule has 33 heavy (non-hydrogen) atoms. The van der Waals surface area contributed by atoms with Crippen LogP contribution in [0.1, 0.15) is 42.2 Å². The van der Waals surface area contributed by atoms with E-state index in [2.05, 4.69) is 5.32 Å². The van der Waals surface area contributed by atoms with Gasteiger partial charge >= 0.3 is 0 Å². The van der Waals surface area contributed by atoms with Crippen LogP contribution in [0.25, 0.3) is 0 Å². The molecule has 4 rings (SSSR count). The van der Waals surface area contributed by atoms with Crippen molar-refractivity contribution in [3.05, 3.63) is 106 Å². The Bertz CT molecular complexity index is 1150. The second-order valence-corrected chi connectivity index (χ2v) is 7.67. The summed E-state index contributed by atoms with van der Waals surface area (Å²) in [6.07, 6.45) is 0. The fourth-order valence-corrected chi connectivity index (χ4v) is 3.63. The Hall–Kier alpha value is -3.84. The van der Waals surface area contributed by atoms with Gasteiger partial charge in [-0.05, 0) is 48.0 Å². The van der Waals surface area contributed by atoms with E-state index in [1.54, 1.807) is 53.4 Å². The van der Waals surface area contributed by atoms with Gasteiger partial charge in [-0.2, -0.15) is 0 Å². The molecule has 0 spiro atoms. The van der Waals surface area contributed by atoms with Crippen molar-refractivity contribution < 1.29 is 23.5 Å². The summed E-state index contributed by atoms with van der Waals surface area (Å²) in [6, 6.07) is 18.8. The summed E-state index contributed by atoms with van der Waals surface area (Å²) in [7, 11) is 0. The van der Waals surface area contributed by atoms with E-state index in [9.17, 15) is 18.8 Å². The van der Waals surface area contributed by atoms with Crippen molar-refractivity contribution in [1.82, 2.24) is 10.2 Å². The van der Waals surface area contributed by atoms with Crippen LogP contribution in [0.2, 0.25) is 0 Å². The Kier molecular flexibility index (Phi) is 6.90. The molecule has 0 aliphatic carbocycles. The number of benzene rings is 3. The third-order valence-electron chi connectivity index (χ3n) is 5.47. The molecule has 0 atom stereocenters. The molecule has 1 heterocycles. The third kappa shape index (κ3) is 5.32. The lowest BCUT2D eigenvalue weighted by molar-refractivity contribution is 0.0303. The molecule has 3 aromatic carbocycles. The van der Waals surface area contributed by atoms with Gasteiger partial charge < -0.3 is 15.0 Å². The number of halogens is 1. The van der Waals surface area contributed by atoms with Crippen LogP contribution in [0.4, 0.5) is 4.39 Å². The fraction of sp³-hybridized carbons (Fsp3) is 0.192. The van der Waals surface area contributed by atoms with Gasteiger partial charge in [-0.1, -0.05) is 30.3 Å². The Labute approximate surface area is 191 Å². The maximum absolute atomic E-state index is 13.2. The van der Waals surface area contributed by atoms with E-state index in [1.807, 2.05) is 0 Å². The Balaban J connectivity index is 1.41. The quantitative estimate of drug-likeness (QED) is 0.589. The molecule has 0 aromatic heterocycles. The van der Waals surface area contributed by atoms with Crippen LogP contribution >= 0.6 is 0 Å². The van der Waals surface area contributed by atoms with Crippen molar-refractivity contribution in [2.75, 3.05) is 26.3 Å². The smallest absolute Gasteiger partial charge is 0.254 e. The molecule has 1 aliphatic heterocycles. The summed E-state index contributed by atoms with van der Waals surface area (Å²) < 4.78 is 18.5. The summed E-state index contributed by atoms with van der Waals surface area (Å²) in [5, 5.41) is 2.82. The number of nitrogens with one attached hydrogen (secondary N) is 1. The second-order valence-electron chi connectivity index (χ2n) is 7.67. The van der Waals surface area contributed by atoms with Crippen molar-refractivity contribution in [3.63, 3.8) is 0 Å². The highest BCUT2D eigenvalue weighted by Gasteiger charge is 2.19. The summed E-state index contributed by atoms with van der Waals surface area (Å²) in [6.45, 7) is 2.48. The zero-order chi connectivity index (χ0) is 23.2. The number of morpholine rings is 1. The van der Waals surface area contributed by atoms with Gasteiger partial charge in [0.15, 0.2) is 5.78 Å². The molecule has 0 saturated carbocycles. The first-order valence-electron chi connectivity index (χ1n) is 10.7. The lowest BCUT2D eigenvalue weighted by atomic mass is 9.98. The van der Waals surface area contributed by atoms with Crippen LogP contribution in [0.3, 0.4) is 0 Å². The van der Waals surface area contributed by atoms with E-state index >= 15 is 0 Å². The Morgan fingerprint density at radius 3 is 2.09 bits per heavy atom. The molecule has 6 nitrogen and oxygen atoms in total. The van der Waals surface area contributed by atoms with Crippen LogP contribution < -0.4 is 5.32 Å². The number of amides is 2. The van der Waals surface area contributed by atoms with Crippen molar-refractivity contribution >= 4 is 17.6 Å². The van der Waals surface area contributed by atoms with E-state index in [-0.39, 0.29) is 29.4 Å². The van der Waals surface area contributed by atoms with Gasteiger partial charge in [-0.3, -0.25) is 14.4 Å². The highest BCUT2D eigenvalue weighted by molar-refractivity contribution is 6.15. The van der Waals surface area contributed by atoms with Gasteiger partial charge in [0.1, 0.15) is 5.82 Å². The van der Waals surface area contributed by atoms with Crippen LogP contribution in [0, 0.1) is 5.82 Å². The summed E-state index contributed by atoms with van der Waals surface area (Å²) in [5.41, 5.74) is 2.20. The first-order chi connectivity index (χ1) is 16.0. The van der Waals surface area contributed by atoms with Gasteiger partial charge in [0.2, 0.25) is 0 Å². The molecule has 0 bridgehead atoms. The van der Waals surface area contributed by atoms with E-state index < -0.39 is 11.7 Å². The van der Waals surface area contributed by atoms with Crippen molar-refractivity contribution in [2.45, 2.75) is 6.54 Å². The van der Waals surface area contributed by atoms with Gasteiger partial charge in [-0.25, -0.2) is 4.39 Å². The average molecular weight is 446 g/mol. The number of carbonyl (C=O) groups is 3. The van der Waals surface area contributed by atoms with Gasteiger partial charge in [0.25, 0.3) is 11.8 Å². The van der Waals surface area contributed by atoms with E-state index in [0.29, 0.717) is 37.4 Å². The van der Waals surface area contributed by atoms with Crippen molar-refractivity contribution in [2.24, 2.45) is 0 Å². The fourth-order valence-electron chi connectivity index (χ4n) is 3.63.